The molecular formula is C20H20N2O3. The van der Waals surface area contributed by atoms with Crippen molar-refractivity contribution in [2.75, 3.05) is 5.32 Å². The number of aliphatic hydroxyl groups excluding tert-OH is 1. The van der Waals surface area contributed by atoms with Gasteiger partial charge in [0.15, 0.2) is 5.78 Å². The fraction of sp³-hybridized carbons (Fsp3) is 0.300. The number of aliphatic hydroxyl groups is 1. The van der Waals surface area contributed by atoms with Gasteiger partial charge in [-0.2, -0.15) is 0 Å². The first-order valence-corrected chi connectivity index (χ1v) is 8.61. The number of hydrogen-bond acceptors (Lipinski definition) is 3. The van der Waals surface area contributed by atoms with E-state index in [1.807, 2.05) is 36.4 Å². The number of rotatable bonds is 2. The third-order valence-corrected chi connectivity index (χ3v) is 5.01. The second-order valence-corrected chi connectivity index (χ2v) is 6.70. The molecule has 0 heterocycles. The van der Waals surface area contributed by atoms with Crippen molar-refractivity contribution in [3.8, 4) is 0 Å². The number of nitrogens with one attached hydrogen (secondary N) is 2. The van der Waals surface area contributed by atoms with Crippen molar-refractivity contribution in [2.24, 2.45) is 0 Å². The number of anilines is 1. The van der Waals surface area contributed by atoms with Gasteiger partial charge >= 0.3 is 6.03 Å². The van der Waals surface area contributed by atoms with Crippen LogP contribution in [0.1, 0.15) is 45.9 Å². The summed E-state index contributed by atoms with van der Waals surface area (Å²) in [6, 6.07) is 12.4. The molecule has 0 aromatic heterocycles. The molecule has 0 spiro atoms. The molecule has 0 bridgehead atoms. The Hall–Kier alpha value is -2.66. The third kappa shape index (κ3) is 3.03. The van der Waals surface area contributed by atoms with Crippen LogP contribution in [0.4, 0.5) is 10.5 Å². The molecule has 0 saturated heterocycles. The Morgan fingerprint density at radius 3 is 2.80 bits per heavy atom. The number of aryl methyl sites for hydroxylation is 1. The molecule has 3 N–H and O–H groups in total. The summed E-state index contributed by atoms with van der Waals surface area (Å²) >= 11 is 0. The first-order valence-electron chi connectivity index (χ1n) is 8.61. The highest BCUT2D eigenvalue weighted by atomic mass is 16.3. The van der Waals surface area contributed by atoms with Crippen LogP contribution < -0.4 is 10.6 Å². The van der Waals surface area contributed by atoms with Crippen LogP contribution >= 0.6 is 0 Å². The number of ketones is 1. The largest absolute Gasteiger partial charge is 0.390 e. The van der Waals surface area contributed by atoms with E-state index in [2.05, 4.69) is 10.6 Å². The Bertz CT molecular complexity index is 847. The van der Waals surface area contributed by atoms with E-state index in [4.69, 9.17) is 0 Å². The number of hydrogen-bond donors (Lipinski definition) is 3. The maximum Gasteiger partial charge on any atom is 0.319 e. The highest BCUT2D eigenvalue weighted by molar-refractivity contribution is 6.00. The summed E-state index contributed by atoms with van der Waals surface area (Å²) in [4.78, 5) is 24.4. The van der Waals surface area contributed by atoms with Crippen LogP contribution in [-0.2, 0) is 12.8 Å². The van der Waals surface area contributed by atoms with Crippen molar-refractivity contribution in [1.82, 2.24) is 5.32 Å². The van der Waals surface area contributed by atoms with Crippen LogP contribution in [-0.4, -0.2) is 23.0 Å². The lowest BCUT2D eigenvalue weighted by atomic mass is 9.90. The molecule has 2 aromatic rings. The average Bonchev–Trinajstić information content (AvgIpc) is 2.91. The van der Waals surface area contributed by atoms with Gasteiger partial charge in [-0.1, -0.05) is 30.3 Å². The monoisotopic (exact) mass is 336 g/mol. The molecule has 25 heavy (non-hydrogen) atoms. The lowest BCUT2D eigenvalue weighted by Gasteiger charge is -2.19. The van der Waals surface area contributed by atoms with E-state index in [1.165, 1.54) is 0 Å². The molecule has 0 unspecified atom stereocenters. The van der Waals surface area contributed by atoms with E-state index in [-0.39, 0.29) is 11.8 Å². The summed E-state index contributed by atoms with van der Waals surface area (Å²) < 4.78 is 0. The second kappa shape index (κ2) is 6.33. The fourth-order valence-electron chi connectivity index (χ4n) is 3.76. The van der Waals surface area contributed by atoms with Crippen molar-refractivity contribution in [2.45, 2.75) is 37.8 Å². The van der Waals surface area contributed by atoms with Gasteiger partial charge in [0.05, 0.1) is 12.1 Å². The quantitative estimate of drug-likeness (QED) is 0.789. The van der Waals surface area contributed by atoms with Crippen LogP contribution in [0.3, 0.4) is 0 Å². The first kappa shape index (κ1) is 15.8. The smallest absolute Gasteiger partial charge is 0.319 e. The van der Waals surface area contributed by atoms with E-state index in [0.717, 1.165) is 29.5 Å². The van der Waals surface area contributed by atoms with Gasteiger partial charge < -0.3 is 15.7 Å². The maximum atomic E-state index is 12.4. The Balaban J connectivity index is 1.48. The SMILES string of the molecule is O=C(Nc1ccc2c(c1)C(=O)CCC2)N[C@H]1c2ccccc2C[C@H]1O. The zero-order chi connectivity index (χ0) is 17.4. The maximum absolute atomic E-state index is 12.4. The van der Waals surface area contributed by atoms with E-state index >= 15 is 0 Å². The molecule has 5 heteroatoms. The zero-order valence-corrected chi connectivity index (χ0v) is 13.8. The van der Waals surface area contributed by atoms with Gasteiger partial charge in [-0.05, 0) is 41.7 Å². The van der Waals surface area contributed by atoms with Gasteiger partial charge in [0.1, 0.15) is 0 Å². The molecule has 5 nitrogen and oxygen atoms in total. The first-order chi connectivity index (χ1) is 12.1. The van der Waals surface area contributed by atoms with Gasteiger partial charge in [-0.25, -0.2) is 4.79 Å². The third-order valence-electron chi connectivity index (χ3n) is 5.01. The second-order valence-electron chi connectivity index (χ2n) is 6.70. The number of fused-ring (bicyclic) bond motifs is 2. The number of urea groups is 1. The Morgan fingerprint density at radius 1 is 1.08 bits per heavy atom. The Labute approximate surface area is 146 Å². The topological polar surface area (TPSA) is 78.4 Å². The number of carbonyl (C=O) groups is 2. The van der Waals surface area contributed by atoms with Crippen LogP contribution in [0.25, 0.3) is 0 Å². The fourth-order valence-corrected chi connectivity index (χ4v) is 3.76. The van der Waals surface area contributed by atoms with Crippen molar-refractivity contribution in [3.05, 3.63) is 64.7 Å². The molecule has 2 aliphatic carbocycles. The molecule has 0 saturated carbocycles. The zero-order valence-electron chi connectivity index (χ0n) is 13.8. The number of amides is 2. The minimum atomic E-state index is -0.631. The predicted molar refractivity (Wildman–Crippen MR) is 94.8 cm³/mol. The predicted octanol–water partition coefficient (Wildman–Crippen LogP) is 2.99. The summed E-state index contributed by atoms with van der Waals surface area (Å²) in [6.07, 6.45) is 2.26. The molecule has 0 aliphatic heterocycles. The Kier molecular flexibility index (Phi) is 4.01. The van der Waals surface area contributed by atoms with Crippen LogP contribution in [0.15, 0.2) is 42.5 Å². The Morgan fingerprint density at radius 2 is 1.92 bits per heavy atom. The lowest BCUT2D eigenvalue weighted by Crippen LogP contribution is -2.36. The standard InChI is InChI=1S/C20H20N2O3/c23-17-7-3-5-12-8-9-14(11-16(12)17)21-20(25)22-19-15-6-2-1-4-13(15)10-18(19)24/h1-2,4,6,8-9,11,18-19,24H,3,5,7,10H2,(H2,21,22,25)/t18-,19+/m1/s1. The normalized spacial score (nSPS) is 21.4. The summed E-state index contributed by atoms with van der Waals surface area (Å²) in [5.74, 6) is 0.130. The van der Waals surface area contributed by atoms with Crippen LogP contribution in [0, 0.1) is 0 Å². The molecule has 0 radical (unpaired) electrons. The van der Waals surface area contributed by atoms with Gasteiger partial charge in [0, 0.05) is 24.1 Å². The van der Waals surface area contributed by atoms with Crippen LogP contribution in [0.5, 0.6) is 0 Å². The summed E-state index contributed by atoms with van der Waals surface area (Å²) in [5.41, 5.74) is 4.34. The summed E-state index contributed by atoms with van der Waals surface area (Å²) in [7, 11) is 0. The highest BCUT2D eigenvalue weighted by Gasteiger charge is 2.31. The lowest BCUT2D eigenvalue weighted by molar-refractivity contribution is 0.0972. The average molecular weight is 336 g/mol. The molecule has 4 rings (SSSR count). The molecule has 2 atom stereocenters. The molecule has 2 aliphatic rings. The van der Waals surface area contributed by atoms with Gasteiger partial charge in [-0.3, -0.25) is 4.79 Å². The van der Waals surface area contributed by atoms with E-state index in [0.29, 0.717) is 24.1 Å². The van der Waals surface area contributed by atoms with Crippen molar-refractivity contribution in [1.29, 1.82) is 0 Å². The molecular weight excluding hydrogens is 316 g/mol. The van der Waals surface area contributed by atoms with E-state index < -0.39 is 12.1 Å². The molecule has 2 amide bonds. The van der Waals surface area contributed by atoms with Crippen molar-refractivity contribution < 1.29 is 14.7 Å². The van der Waals surface area contributed by atoms with Gasteiger partial charge in [-0.15, -0.1) is 0 Å². The minimum Gasteiger partial charge on any atom is -0.390 e. The minimum absolute atomic E-state index is 0.130. The van der Waals surface area contributed by atoms with E-state index in [9.17, 15) is 14.7 Å². The molecule has 0 fully saturated rings. The molecule has 2 aromatic carbocycles. The number of Topliss-reactive ketones (excluding diaryl/α,β-unsaturated/α-hetero) is 1. The molecule has 128 valence electrons. The summed E-state index contributed by atoms with van der Waals surface area (Å²) in [5, 5.41) is 15.8. The number of carbonyl (C=O) groups excluding carboxylic acids is 2. The van der Waals surface area contributed by atoms with E-state index in [1.54, 1.807) is 6.07 Å². The highest BCUT2D eigenvalue weighted by Crippen LogP contribution is 2.31. The summed E-state index contributed by atoms with van der Waals surface area (Å²) in [6.45, 7) is 0. The van der Waals surface area contributed by atoms with Gasteiger partial charge in [0.2, 0.25) is 0 Å². The van der Waals surface area contributed by atoms with Crippen molar-refractivity contribution in [3.63, 3.8) is 0 Å². The van der Waals surface area contributed by atoms with Crippen molar-refractivity contribution >= 4 is 17.5 Å². The van der Waals surface area contributed by atoms with Gasteiger partial charge in [0.25, 0.3) is 0 Å². The number of benzene rings is 2. The van der Waals surface area contributed by atoms with Crippen LogP contribution in [0.2, 0.25) is 0 Å².